The summed E-state index contributed by atoms with van der Waals surface area (Å²) in [5.41, 5.74) is 2.76. The van der Waals surface area contributed by atoms with Crippen molar-refractivity contribution in [2.45, 2.75) is 13.0 Å². The Labute approximate surface area is 133 Å². The van der Waals surface area contributed by atoms with E-state index in [9.17, 15) is 10.1 Å². The first kappa shape index (κ1) is 14.8. The summed E-state index contributed by atoms with van der Waals surface area (Å²) in [4.78, 5) is 15.8. The lowest BCUT2D eigenvalue weighted by molar-refractivity contribution is -0.136. The minimum absolute atomic E-state index is 0.00659. The largest absolute Gasteiger partial charge is 0.375 e. The average Bonchev–Trinajstić information content (AvgIpc) is 2.93. The molecule has 3 rings (SSSR count). The normalized spacial score (nSPS) is 13.5. The van der Waals surface area contributed by atoms with E-state index in [1.54, 1.807) is 16.2 Å². The summed E-state index contributed by atoms with van der Waals surface area (Å²) in [6.45, 7) is 1.30. The number of thiophene rings is 1. The monoisotopic (exact) mass is 311 g/mol. The van der Waals surface area contributed by atoms with E-state index in [0.29, 0.717) is 13.1 Å². The number of amides is 1. The second-order valence-electron chi connectivity index (χ2n) is 5.09. The van der Waals surface area contributed by atoms with Crippen LogP contribution in [0, 0.1) is 17.4 Å². The Balaban J connectivity index is 1.95. The zero-order valence-corrected chi connectivity index (χ0v) is 13.1. The third-order valence-corrected chi connectivity index (χ3v) is 4.99. The second-order valence-corrected chi connectivity index (χ2v) is 6.20. The van der Waals surface area contributed by atoms with Crippen molar-refractivity contribution in [3.63, 3.8) is 0 Å². The molecule has 1 aromatic heterocycles. The molecule has 4 nitrogen and oxygen atoms in total. The van der Waals surface area contributed by atoms with Crippen LogP contribution in [0.5, 0.6) is 0 Å². The second kappa shape index (κ2) is 6.30. The van der Waals surface area contributed by atoms with Crippen LogP contribution in [0.15, 0.2) is 24.3 Å². The van der Waals surface area contributed by atoms with Gasteiger partial charge in [-0.25, -0.2) is 0 Å². The molecule has 0 fully saturated rings. The van der Waals surface area contributed by atoms with E-state index in [1.165, 1.54) is 7.11 Å². The van der Waals surface area contributed by atoms with Crippen LogP contribution in [0.25, 0.3) is 10.4 Å². The summed E-state index contributed by atoms with van der Waals surface area (Å²) in [5, 5.41) is 9.53. The van der Waals surface area contributed by atoms with E-state index < -0.39 is 0 Å². The van der Waals surface area contributed by atoms with E-state index in [1.807, 2.05) is 24.3 Å². The minimum Gasteiger partial charge on any atom is -0.375 e. The van der Waals surface area contributed by atoms with Crippen molar-refractivity contribution >= 4 is 17.2 Å². The molecular formula is C17H15N2O2S. The van der Waals surface area contributed by atoms with Crippen molar-refractivity contribution in [2.24, 2.45) is 0 Å². The molecule has 1 aromatic carbocycles. The van der Waals surface area contributed by atoms with Crippen LogP contribution in [0.3, 0.4) is 0 Å². The molecule has 0 atom stereocenters. The molecule has 0 spiro atoms. The first-order valence-electron chi connectivity index (χ1n) is 7.03. The maximum Gasteiger partial charge on any atom is 0.248 e. The number of carbonyl (C=O) groups is 1. The smallest absolute Gasteiger partial charge is 0.248 e. The van der Waals surface area contributed by atoms with Gasteiger partial charge in [-0.15, -0.1) is 11.3 Å². The number of carbonyl (C=O) groups excluding carboxylic acids is 1. The predicted molar refractivity (Wildman–Crippen MR) is 84.3 cm³/mol. The molecule has 0 unspecified atom stereocenters. The molecule has 0 N–H and O–H groups in total. The molecular weight excluding hydrogens is 296 g/mol. The molecule has 2 aromatic rings. The number of ether oxygens (including phenoxy) is 1. The highest BCUT2D eigenvalue weighted by molar-refractivity contribution is 7.16. The van der Waals surface area contributed by atoms with Gasteiger partial charge in [-0.05, 0) is 18.1 Å². The number of rotatable bonds is 3. The topological polar surface area (TPSA) is 53.3 Å². The lowest BCUT2D eigenvalue weighted by Crippen LogP contribution is -2.37. The van der Waals surface area contributed by atoms with Gasteiger partial charge in [-0.3, -0.25) is 4.79 Å². The van der Waals surface area contributed by atoms with E-state index >= 15 is 0 Å². The van der Waals surface area contributed by atoms with Crippen molar-refractivity contribution in [1.29, 1.82) is 5.26 Å². The molecule has 0 bridgehead atoms. The Kier molecular flexibility index (Phi) is 4.23. The van der Waals surface area contributed by atoms with Crippen molar-refractivity contribution in [3.05, 3.63) is 46.3 Å². The molecule has 0 saturated carbocycles. The fourth-order valence-electron chi connectivity index (χ4n) is 2.67. The number of nitrogens with zero attached hydrogens (tertiary/aromatic N) is 2. The molecule has 2 heterocycles. The molecule has 0 saturated heterocycles. The third kappa shape index (κ3) is 2.63. The van der Waals surface area contributed by atoms with Crippen molar-refractivity contribution in [2.75, 3.05) is 20.3 Å². The van der Waals surface area contributed by atoms with E-state index in [-0.39, 0.29) is 12.5 Å². The summed E-state index contributed by atoms with van der Waals surface area (Å²) in [7, 11) is 1.52. The zero-order valence-electron chi connectivity index (χ0n) is 12.3. The van der Waals surface area contributed by atoms with Crippen LogP contribution in [0.2, 0.25) is 0 Å². The molecule has 22 heavy (non-hydrogen) atoms. The number of benzene rings is 1. The molecule has 1 amide bonds. The number of hydrogen-bond donors (Lipinski definition) is 0. The zero-order chi connectivity index (χ0) is 15.5. The standard InChI is InChI=1S/C17H15N2O2S/c1-21-11-16(20)19-8-7-13-14(9-18)17(22-15(13)10-19)12-5-3-2-4-6-12/h2-5H,7-8,10-11H2,1H3. The lowest BCUT2D eigenvalue weighted by Gasteiger charge is -2.26. The molecule has 1 aliphatic rings. The Morgan fingerprint density at radius 1 is 1.55 bits per heavy atom. The summed E-state index contributed by atoms with van der Waals surface area (Å²) in [5.74, 6) is -0.00659. The van der Waals surface area contributed by atoms with Crippen LogP contribution >= 0.6 is 11.3 Å². The van der Waals surface area contributed by atoms with Gasteiger partial charge in [-0.2, -0.15) is 5.26 Å². The van der Waals surface area contributed by atoms with Gasteiger partial charge in [0.2, 0.25) is 5.91 Å². The number of nitriles is 1. The molecule has 111 valence electrons. The van der Waals surface area contributed by atoms with Crippen molar-refractivity contribution in [1.82, 2.24) is 4.90 Å². The van der Waals surface area contributed by atoms with Gasteiger partial charge >= 0.3 is 0 Å². The summed E-state index contributed by atoms with van der Waals surface area (Å²) >= 11 is 1.59. The van der Waals surface area contributed by atoms with Gasteiger partial charge in [0.15, 0.2) is 0 Å². The fourth-order valence-corrected chi connectivity index (χ4v) is 3.98. The summed E-state index contributed by atoms with van der Waals surface area (Å²) in [6.07, 6.45) is 0.719. The Morgan fingerprint density at radius 2 is 2.41 bits per heavy atom. The van der Waals surface area contributed by atoms with Crippen LogP contribution in [-0.2, 0) is 22.5 Å². The average molecular weight is 311 g/mol. The van der Waals surface area contributed by atoms with Gasteiger partial charge in [0.1, 0.15) is 12.7 Å². The third-order valence-electron chi connectivity index (χ3n) is 3.74. The first-order chi connectivity index (χ1) is 10.7. The quantitative estimate of drug-likeness (QED) is 0.875. The van der Waals surface area contributed by atoms with Gasteiger partial charge in [0.25, 0.3) is 0 Å². The molecule has 5 heteroatoms. The predicted octanol–water partition coefficient (Wildman–Crippen LogP) is 2.62. The maximum absolute atomic E-state index is 12.0. The fraction of sp³-hybridized carbons (Fsp3) is 0.294. The Morgan fingerprint density at radius 3 is 3.09 bits per heavy atom. The molecule has 1 aliphatic heterocycles. The lowest BCUT2D eigenvalue weighted by atomic mass is 10.00. The minimum atomic E-state index is -0.00659. The van der Waals surface area contributed by atoms with Crippen LogP contribution in [0.1, 0.15) is 16.0 Å². The van der Waals surface area contributed by atoms with Crippen molar-refractivity contribution < 1.29 is 9.53 Å². The maximum atomic E-state index is 12.0. The van der Waals surface area contributed by atoms with Gasteiger partial charge in [-0.1, -0.05) is 24.3 Å². The van der Waals surface area contributed by atoms with Gasteiger partial charge < -0.3 is 9.64 Å². The Hall–Kier alpha value is -2.16. The Bertz CT molecular complexity index is 731. The van der Waals surface area contributed by atoms with Crippen LogP contribution in [0.4, 0.5) is 0 Å². The highest BCUT2D eigenvalue weighted by atomic mass is 32.1. The summed E-state index contributed by atoms with van der Waals surface area (Å²) in [6, 6.07) is 13.2. The molecule has 1 radical (unpaired) electrons. The van der Waals surface area contributed by atoms with Crippen molar-refractivity contribution in [3.8, 4) is 16.5 Å². The highest BCUT2D eigenvalue weighted by Crippen LogP contribution is 2.38. The SMILES string of the molecule is COCC(=O)N1CCc2c(sc(-c3[c]cccc3)c2C#N)C1. The number of hydrogen-bond acceptors (Lipinski definition) is 4. The van der Waals surface area contributed by atoms with Crippen LogP contribution in [-0.4, -0.2) is 31.1 Å². The number of methoxy groups -OCH3 is 1. The van der Waals surface area contributed by atoms with Gasteiger partial charge in [0, 0.05) is 24.1 Å². The van der Waals surface area contributed by atoms with E-state index in [2.05, 4.69) is 12.1 Å². The van der Waals surface area contributed by atoms with Gasteiger partial charge in [0.05, 0.1) is 17.0 Å². The summed E-state index contributed by atoms with van der Waals surface area (Å²) < 4.78 is 4.92. The van der Waals surface area contributed by atoms with E-state index in [0.717, 1.165) is 32.9 Å². The molecule has 0 aliphatic carbocycles. The number of fused-ring (bicyclic) bond motifs is 1. The first-order valence-corrected chi connectivity index (χ1v) is 7.84. The van der Waals surface area contributed by atoms with Crippen LogP contribution < -0.4 is 0 Å². The highest BCUT2D eigenvalue weighted by Gasteiger charge is 2.27. The van der Waals surface area contributed by atoms with E-state index in [4.69, 9.17) is 4.74 Å².